The van der Waals surface area contributed by atoms with E-state index in [-0.39, 0.29) is 35.4 Å². The maximum absolute atomic E-state index is 12.9. The van der Waals surface area contributed by atoms with Crippen molar-refractivity contribution in [3.05, 3.63) is 52.2 Å². The number of hydrazone groups is 1. The van der Waals surface area contributed by atoms with Crippen molar-refractivity contribution >= 4 is 45.9 Å². The van der Waals surface area contributed by atoms with Crippen LogP contribution in [0.15, 0.2) is 46.9 Å². The Morgan fingerprint density at radius 2 is 2.14 bits per heavy atom. The number of ether oxygens (including phenoxy) is 1. The number of carbonyl (C=O) groups excluding carboxylic acids is 3. The Hall–Kier alpha value is -2.65. The van der Waals surface area contributed by atoms with Gasteiger partial charge in [0.1, 0.15) is 12.3 Å². The second-order valence-corrected chi connectivity index (χ2v) is 8.19. The highest BCUT2D eigenvalue weighted by molar-refractivity contribution is 8.14. The topological polar surface area (TPSA) is 79.3 Å². The molecule has 28 heavy (non-hydrogen) atoms. The standard InChI is InChI=1S/C19H17N3O4S2/c1-26-13-5-2-4-12(8-13)14-9-15(16-6-3-7-27-16)22(20-14)17(23)10-21-18(24)11-28-19(21)25/h2-8,15H,9-11H2,1H3. The van der Waals surface area contributed by atoms with Crippen LogP contribution in [0.1, 0.15) is 22.9 Å². The number of carbonyl (C=O) groups is 3. The first-order valence-corrected chi connectivity index (χ1v) is 10.5. The van der Waals surface area contributed by atoms with Gasteiger partial charge in [-0.15, -0.1) is 11.3 Å². The summed E-state index contributed by atoms with van der Waals surface area (Å²) >= 11 is 2.46. The smallest absolute Gasteiger partial charge is 0.289 e. The van der Waals surface area contributed by atoms with E-state index in [2.05, 4.69) is 5.10 Å². The number of benzene rings is 1. The molecule has 1 fully saturated rings. The molecular weight excluding hydrogens is 398 g/mol. The second-order valence-electron chi connectivity index (χ2n) is 6.29. The van der Waals surface area contributed by atoms with Crippen LogP contribution in [0.4, 0.5) is 4.79 Å². The van der Waals surface area contributed by atoms with Crippen molar-refractivity contribution in [2.75, 3.05) is 19.4 Å². The average Bonchev–Trinajstić information content (AvgIpc) is 3.44. The molecule has 0 spiro atoms. The summed E-state index contributed by atoms with van der Waals surface area (Å²) in [5, 5.41) is 7.53. The number of rotatable bonds is 5. The van der Waals surface area contributed by atoms with Crippen molar-refractivity contribution in [1.82, 2.24) is 9.91 Å². The van der Waals surface area contributed by atoms with E-state index < -0.39 is 0 Å². The summed E-state index contributed by atoms with van der Waals surface area (Å²) < 4.78 is 5.28. The molecule has 0 N–H and O–H groups in total. The number of nitrogens with zero attached hydrogens (tertiary/aromatic N) is 3. The van der Waals surface area contributed by atoms with Gasteiger partial charge < -0.3 is 4.74 Å². The first-order valence-electron chi connectivity index (χ1n) is 8.61. The summed E-state index contributed by atoms with van der Waals surface area (Å²) in [5.41, 5.74) is 1.64. The molecule has 0 saturated carbocycles. The Balaban J connectivity index is 1.62. The second kappa shape index (κ2) is 7.76. The van der Waals surface area contributed by atoms with Gasteiger partial charge in [0.2, 0.25) is 5.91 Å². The lowest BCUT2D eigenvalue weighted by molar-refractivity contribution is -0.137. The Morgan fingerprint density at radius 3 is 2.82 bits per heavy atom. The zero-order valence-corrected chi connectivity index (χ0v) is 16.7. The number of thioether (sulfide) groups is 1. The fourth-order valence-corrected chi connectivity index (χ4v) is 4.70. The van der Waals surface area contributed by atoms with E-state index in [1.807, 2.05) is 41.8 Å². The number of methoxy groups -OCH3 is 1. The van der Waals surface area contributed by atoms with Crippen LogP contribution >= 0.6 is 23.1 Å². The van der Waals surface area contributed by atoms with Gasteiger partial charge in [0.25, 0.3) is 11.1 Å². The molecular formula is C19H17N3O4S2. The molecule has 4 rings (SSSR count). The Morgan fingerprint density at radius 1 is 1.29 bits per heavy atom. The average molecular weight is 415 g/mol. The Labute approximate surface area is 170 Å². The summed E-state index contributed by atoms with van der Waals surface area (Å²) in [5.74, 6) is 0.0781. The quantitative estimate of drug-likeness (QED) is 0.750. The molecule has 144 valence electrons. The molecule has 7 nitrogen and oxygen atoms in total. The number of amides is 3. The van der Waals surface area contributed by atoms with Gasteiger partial charge in [0, 0.05) is 16.9 Å². The molecule has 3 heterocycles. The number of thiophene rings is 1. The number of imide groups is 1. The van der Waals surface area contributed by atoms with Crippen LogP contribution in [0.2, 0.25) is 0 Å². The highest BCUT2D eigenvalue weighted by atomic mass is 32.2. The SMILES string of the molecule is COc1cccc(C2=NN(C(=O)CN3C(=O)CSC3=O)C(c3cccs3)C2)c1. The van der Waals surface area contributed by atoms with Gasteiger partial charge in [-0.2, -0.15) is 5.10 Å². The van der Waals surface area contributed by atoms with Crippen molar-refractivity contribution in [3.8, 4) is 5.75 Å². The van der Waals surface area contributed by atoms with Crippen molar-refractivity contribution < 1.29 is 19.1 Å². The van der Waals surface area contributed by atoms with E-state index in [1.165, 1.54) is 5.01 Å². The third-order valence-corrected chi connectivity index (χ3v) is 6.41. The maximum atomic E-state index is 12.9. The largest absolute Gasteiger partial charge is 0.497 e. The first-order chi connectivity index (χ1) is 13.6. The normalized spacial score (nSPS) is 19.3. The van der Waals surface area contributed by atoms with E-state index in [0.717, 1.165) is 32.8 Å². The molecule has 1 atom stereocenters. The van der Waals surface area contributed by atoms with E-state index in [1.54, 1.807) is 18.4 Å². The van der Waals surface area contributed by atoms with Gasteiger partial charge in [-0.05, 0) is 23.6 Å². The Kier molecular flexibility index (Phi) is 5.19. The van der Waals surface area contributed by atoms with Crippen LogP contribution in [0.5, 0.6) is 5.75 Å². The first kappa shape index (κ1) is 18.7. The minimum atomic E-state index is -0.387. The summed E-state index contributed by atoms with van der Waals surface area (Å²) in [4.78, 5) is 38.7. The Bertz CT molecular complexity index is 942. The van der Waals surface area contributed by atoms with Crippen molar-refractivity contribution in [3.63, 3.8) is 0 Å². The minimum Gasteiger partial charge on any atom is -0.497 e. The van der Waals surface area contributed by atoms with Gasteiger partial charge in [-0.3, -0.25) is 19.3 Å². The van der Waals surface area contributed by atoms with Crippen molar-refractivity contribution in [2.45, 2.75) is 12.5 Å². The highest BCUT2D eigenvalue weighted by Gasteiger charge is 2.38. The molecule has 9 heteroatoms. The third-order valence-electron chi connectivity index (χ3n) is 4.57. The highest BCUT2D eigenvalue weighted by Crippen LogP contribution is 2.36. The minimum absolute atomic E-state index is 0.0821. The molecule has 2 aliphatic rings. The molecule has 2 aliphatic heterocycles. The number of hydrogen-bond donors (Lipinski definition) is 0. The van der Waals surface area contributed by atoms with Crippen LogP contribution in [0, 0.1) is 0 Å². The van der Waals surface area contributed by atoms with E-state index in [0.29, 0.717) is 12.2 Å². The molecule has 1 saturated heterocycles. The summed E-state index contributed by atoms with van der Waals surface area (Å²) in [7, 11) is 1.60. The molecule has 0 bridgehead atoms. The molecule has 1 aromatic heterocycles. The lowest BCUT2D eigenvalue weighted by Gasteiger charge is -2.22. The summed E-state index contributed by atoms with van der Waals surface area (Å²) in [6.07, 6.45) is 0.552. The lowest BCUT2D eigenvalue weighted by Crippen LogP contribution is -2.40. The zero-order chi connectivity index (χ0) is 19.7. The molecule has 0 aliphatic carbocycles. The zero-order valence-electron chi connectivity index (χ0n) is 15.0. The van der Waals surface area contributed by atoms with E-state index >= 15 is 0 Å². The fourth-order valence-electron chi connectivity index (χ4n) is 3.16. The third kappa shape index (κ3) is 3.55. The van der Waals surface area contributed by atoms with Crippen LogP contribution in [-0.2, 0) is 9.59 Å². The summed E-state index contributed by atoms with van der Waals surface area (Å²) in [6, 6.07) is 11.2. The van der Waals surface area contributed by atoms with Crippen LogP contribution in [0.25, 0.3) is 0 Å². The van der Waals surface area contributed by atoms with E-state index in [4.69, 9.17) is 4.74 Å². The predicted molar refractivity (Wildman–Crippen MR) is 108 cm³/mol. The van der Waals surface area contributed by atoms with Gasteiger partial charge in [-0.25, -0.2) is 5.01 Å². The van der Waals surface area contributed by atoms with Crippen molar-refractivity contribution in [1.29, 1.82) is 0 Å². The van der Waals surface area contributed by atoms with Crippen LogP contribution in [-0.4, -0.2) is 52.1 Å². The maximum Gasteiger partial charge on any atom is 0.289 e. The molecule has 3 amide bonds. The van der Waals surface area contributed by atoms with Gasteiger partial charge >= 0.3 is 0 Å². The molecule has 0 radical (unpaired) electrons. The lowest BCUT2D eigenvalue weighted by atomic mass is 10.0. The van der Waals surface area contributed by atoms with Crippen molar-refractivity contribution in [2.24, 2.45) is 5.10 Å². The fraction of sp³-hybridized carbons (Fsp3) is 0.263. The molecule has 1 unspecified atom stereocenters. The van der Waals surface area contributed by atoms with Crippen LogP contribution in [0.3, 0.4) is 0 Å². The predicted octanol–water partition coefficient (Wildman–Crippen LogP) is 3.13. The van der Waals surface area contributed by atoms with Gasteiger partial charge in [-0.1, -0.05) is 30.0 Å². The van der Waals surface area contributed by atoms with Crippen LogP contribution < -0.4 is 4.74 Å². The van der Waals surface area contributed by atoms with E-state index in [9.17, 15) is 14.4 Å². The summed E-state index contributed by atoms with van der Waals surface area (Å²) in [6.45, 7) is -0.290. The number of hydrogen-bond acceptors (Lipinski definition) is 7. The molecule has 2 aromatic rings. The van der Waals surface area contributed by atoms with Gasteiger partial charge in [0.05, 0.1) is 24.6 Å². The monoisotopic (exact) mass is 415 g/mol. The molecule has 1 aromatic carbocycles. The van der Waals surface area contributed by atoms with Gasteiger partial charge in [0.15, 0.2) is 0 Å².